The lowest BCUT2D eigenvalue weighted by molar-refractivity contribution is -0.385. The number of hydrogen-bond donors (Lipinski definition) is 1. The number of rotatable bonds is 6. The predicted molar refractivity (Wildman–Crippen MR) is 99.7 cm³/mol. The summed E-state index contributed by atoms with van der Waals surface area (Å²) in [5, 5.41) is 22.0. The first-order valence-electron chi connectivity index (χ1n) is 8.23. The van der Waals surface area contributed by atoms with Gasteiger partial charge < -0.3 is 5.32 Å². The van der Waals surface area contributed by atoms with Crippen LogP contribution < -0.4 is 5.32 Å². The number of carbonyl (C=O) groups is 1. The molecule has 3 aromatic rings. The van der Waals surface area contributed by atoms with Gasteiger partial charge in [0.25, 0.3) is 0 Å². The molecule has 0 bridgehead atoms. The van der Waals surface area contributed by atoms with Crippen LogP contribution in [0.2, 0.25) is 5.02 Å². The normalized spacial score (nSPS) is 12.0. The number of amides is 1. The van der Waals surface area contributed by atoms with Gasteiger partial charge in [0.05, 0.1) is 11.5 Å². The highest BCUT2D eigenvalue weighted by molar-refractivity contribution is 6.31. The number of hydrogen-bond acceptors (Lipinski definition) is 5. The van der Waals surface area contributed by atoms with Crippen LogP contribution in [0.4, 0.5) is 15.9 Å². The number of nitrogens with one attached hydrogen (secondary N) is 1. The zero-order chi connectivity index (χ0) is 20.4. The summed E-state index contributed by atoms with van der Waals surface area (Å²) in [5.41, 5.74) is 0.347. The maximum atomic E-state index is 13.9. The Morgan fingerprint density at radius 3 is 2.79 bits per heavy atom. The summed E-state index contributed by atoms with van der Waals surface area (Å²) < 4.78 is 16.5. The molecule has 2 aromatic heterocycles. The topological polar surface area (TPSA) is 108 Å². The first-order valence-corrected chi connectivity index (χ1v) is 8.61. The highest BCUT2D eigenvalue weighted by Crippen LogP contribution is 2.21. The Labute approximate surface area is 163 Å². The van der Waals surface area contributed by atoms with Crippen LogP contribution in [0.3, 0.4) is 0 Å². The minimum absolute atomic E-state index is 0.0987. The number of aryl methyl sites for hydroxylation is 1. The monoisotopic (exact) mass is 406 g/mol. The van der Waals surface area contributed by atoms with Crippen LogP contribution in [-0.4, -0.2) is 30.4 Å². The van der Waals surface area contributed by atoms with E-state index >= 15 is 0 Å². The lowest BCUT2D eigenvalue weighted by Gasteiger charge is -2.11. The molecule has 0 saturated heterocycles. The number of aromatic nitrogens is 4. The van der Waals surface area contributed by atoms with Gasteiger partial charge >= 0.3 is 5.69 Å². The molecule has 146 valence electrons. The number of carbonyl (C=O) groups excluding carboxylic acids is 1. The van der Waals surface area contributed by atoms with Gasteiger partial charge in [-0.3, -0.25) is 24.3 Å². The number of halogens is 2. The molecule has 0 aliphatic rings. The Kier molecular flexibility index (Phi) is 5.41. The molecule has 9 nitrogen and oxygen atoms in total. The second-order valence-corrected chi connectivity index (χ2v) is 6.51. The molecule has 0 aliphatic heterocycles. The minimum atomic E-state index is -0.793. The summed E-state index contributed by atoms with van der Waals surface area (Å²) in [6, 6.07) is 5.16. The van der Waals surface area contributed by atoms with Crippen LogP contribution in [0.15, 0.2) is 36.7 Å². The van der Waals surface area contributed by atoms with Crippen molar-refractivity contribution in [1.82, 2.24) is 19.6 Å². The SMILES string of the molecule is Cc1nn(C(C)C(=O)Nc2ccn(Cc3c(F)cccc3Cl)n2)cc1[N+](=O)[O-]. The lowest BCUT2D eigenvalue weighted by atomic mass is 10.2. The second kappa shape index (κ2) is 7.77. The van der Waals surface area contributed by atoms with E-state index in [4.69, 9.17) is 11.6 Å². The van der Waals surface area contributed by atoms with Crippen molar-refractivity contribution >= 4 is 29.0 Å². The van der Waals surface area contributed by atoms with E-state index in [2.05, 4.69) is 15.5 Å². The van der Waals surface area contributed by atoms with Crippen molar-refractivity contribution in [2.75, 3.05) is 5.32 Å². The number of anilines is 1. The fraction of sp³-hybridized carbons (Fsp3) is 0.235. The zero-order valence-electron chi connectivity index (χ0n) is 15.0. The van der Waals surface area contributed by atoms with Crippen molar-refractivity contribution in [3.63, 3.8) is 0 Å². The lowest BCUT2D eigenvalue weighted by Crippen LogP contribution is -2.24. The predicted octanol–water partition coefficient (Wildman–Crippen LogP) is 3.34. The van der Waals surface area contributed by atoms with Crippen molar-refractivity contribution in [2.24, 2.45) is 0 Å². The van der Waals surface area contributed by atoms with Gasteiger partial charge in [0, 0.05) is 22.8 Å². The average Bonchev–Trinajstić information content (AvgIpc) is 3.24. The van der Waals surface area contributed by atoms with E-state index in [-0.39, 0.29) is 34.3 Å². The van der Waals surface area contributed by atoms with Crippen molar-refractivity contribution in [3.8, 4) is 0 Å². The van der Waals surface area contributed by atoms with Crippen molar-refractivity contribution in [3.05, 3.63) is 68.9 Å². The maximum absolute atomic E-state index is 13.9. The summed E-state index contributed by atoms with van der Waals surface area (Å²) >= 11 is 6.01. The van der Waals surface area contributed by atoms with E-state index in [9.17, 15) is 19.3 Å². The van der Waals surface area contributed by atoms with Crippen LogP contribution in [0.25, 0.3) is 0 Å². The molecule has 2 heterocycles. The minimum Gasteiger partial charge on any atom is -0.307 e. The van der Waals surface area contributed by atoms with Crippen molar-refractivity contribution in [1.29, 1.82) is 0 Å². The molecular weight excluding hydrogens is 391 g/mol. The number of nitro groups is 1. The molecule has 1 unspecified atom stereocenters. The van der Waals surface area contributed by atoms with Gasteiger partial charge in [-0.05, 0) is 26.0 Å². The van der Waals surface area contributed by atoms with Crippen LogP contribution in [0.5, 0.6) is 0 Å². The molecule has 11 heteroatoms. The summed E-state index contributed by atoms with van der Waals surface area (Å²) in [6.45, 7) is 3.15. The number of nitrogens with zero attached hydrogens (tertiary/aromatic N) is 5. The molecule has 1 atom stereocenters. The molecule has 1 amide bonds. The van der Waals surface area contributed by atoms with E-state index < -0.39 is 22.7 Å². The summed E-state index contributed by atoms with van der Waals surface area (Å²) in [4.78, 5) is 22.8. The van der Waals surface area contributed by atoms with Gasteiger partial charge in [-0.1, -0.05) is 17.7 Å². The quantitative estimate of drug-likeness (QED) is 0.499. The van der Waals surface area contributed by atoms with Crippen LogP contribution in [-0.2, 0) is 11.3 Å². The first-order chi connectivity index (χ1) is 13.3. The molecular formula is C17H16ClFN6O3. The van der Waals surface area contributed by atoms with E-state index in [1.807, 2.05) is 0 Å². The van der Waals surface area contributed by atoms with Gasteiger partial charge in [-0.2, -0.15) is 10.2 Å². The summed E-state index contributed by atoms with van der Waals surface area (Å²) in [5.74, 6) is -0.646. The zero-order valence-corrected chi connectivity index (χ0v) is 15.7. The highest BCUT2D eigenvalue weighted by Gasteiger charge is 2.22. The third-order valence-electron chi connectivity index (χ3n) is 4.14. The van der Waals surface area contributed by atoms with Gasteiger partial charge in [-0.15, -0.1) is 0 Å². The third kappa shape index (κ3) is 4.01. The van der Waals surface area contributed by atoms with Crippen molar-refractivity contribution in [2.45, 2.75) is 26.4 Å². The van der Waals surface area contributed by atoms with Gasteiger partial charge in [0.2, 0.25) is 5.91 Å². The molecule has 0 saturated carbocycles. The van der Waals surface area contributed by atoms with Gasteiger partial charge in [-0.25, -0.2) is 4.39 Å². The van der Waals surface area contributed by atoms with Gasteiger partial charge in [0.1, 0.15) is 23.7 Å². The molecule has 0 aliphatic carbocycles. The Morgan fingerprint density at radius 1 is 1.39 bits per heavy atom. The Hall–Kier alpha value is -3.27. The smallest absolute Gasteiger partial charge is 0.307 e. The highest BCUT2D eigenvalue weighted by atomic mass is 35.5. The largest absolute Gasteiger partial charge is 0.309 e. The third-order valence-corrected chi connectivity index (χ3v) is 4.49. The first kappa shape index (κ1) is 19.5. The molecule has 0 spiro atoms. The molecule has 1 N–H and O–H groups in total. The Morgan fingerprint density at radius 2 is 2.14 bits per heavy atom. The number of benzene rings is 1. The second-order valence-electron chi connectivity index (χ2n) is 6.10. The van der Waals surface area contributed by atoms with Crippen LogP contribution in [0, 0.1) is 22.9 Å². The fourth-order valence-electron chi connectivity index (χ4n) is 2.56. The van der Waals surface area contributed by atoms with Crippen LogP contribution in [0.1, 0.15) is 24.2 Å². The standard InChI is InChI=1S/C17H16ClFN6O3/c1-10-15(25(27)28)9-24(21-10)11(2)17(26)20-16-6-7-23(22-16)8-12-13(18)4-3-5-14(12)19/h3-7,9,11H,8H2,1-2H3,(H,20,22,26). The fourth-order valence-corrected chi connectivity index (χ4v) is 2.79. The summed E-state index contributed by atoms with van der Waals surface area (Å²) in [7, 11) is 0. The van der Waals surface area contributed by atoms with E-state index in [1.165, 1.54) is 34.6 Å². The van der Waals surface area contributed by atoms with E-state index in [0.29, 0.717) is 0 Å². The molecule has 0 fully saturated rings. The maximum Gasteiger partial charge on any atom is 0.309 e. The van der Waals surface area contributed by atoms with Crippen molar-refractivity contribution < 1.29 is 14.1 Å². The Bertz CT molecular complexity index is 1030. The Balaban J connectivity index is 1.70. The molecule has 28 heavy (non-hydrogen) atoms. The molecule has 3 rings (SSSR count). The average molecular weight is 407 g/mol. The molecule has 0 radical (unpaired) electrons. The van der Waals surface area contributed by atoms with Crippen LogP contribution >= 0.6 is 11.6 Å². The van der Waals surface area contributed by atoms with Gasteiger partial charge in [0.15, 0.2) is 5.82 Å². The molecule has 1 aromatic carbocycles. The summed E-state index contributed by atoms with van der Waals surface area (Å²) in [6.07, 6.45) is 2.78. The van der Waals surface area contributed by atoms with E-state index in [0.717, 1.165) is 0 Å². The van der Waals surface area contributed by atoms with E-state index in [1.54, 1.807) is 25.3 Å².